The van der Waals surface area contributed by atoms with Crippen LogP contribution in [0.2, 0.25) is 0 Å². The molecular formula is C40H59N7O9. The van der Waals surface area contributed by atoms with E-state index in [2.05, 4.69) is 22.9 Å². The molecule has 4 amide bonds. The summed E-state index contributed by atoms with van der Waals surface area (Å²) in [4.78, 5) is 92.3. The molecule has 0 spiro atoms. The van der Waals surface area contributed by atoms with E-state index in [0.717, 1.165) is 48.1 Å². The molecular weight excluding hydrogens is 722 g/mol. The second kappa shape index (κ2) is 22.6. The number of nitrogens with two attached hydrogens (primary N) is 2. The first kappa shape index (κ1) is 45.5. The number of carbonyl (C=O) groups is 7. The van der Waals surface area contributed by atoms with Gasteiger partial charge in [0.25, 0.3) is 11.8 Å². The molecule has 0 saturated heterocycles. The largest absolute Gasteiger partial charge is 0.481 e. The summed E-state index contributed by atoms with van der Waals surface area (Å²) in [6.07, 6.45) is 4.77. The quantitative estimate of drug-likeness (QED) is 0.0509. The van der Waals surface area contributed by atoms with E-state index < -0.39 is 59.4 Å². The number of nitrogens with one attached hydrogen (secondary N) is 3. The summed E-state index contributed by atoms with van der Waals surface area (Å²) in [7, 11) is 3.73. The van der Waals surface area contributed by atoms with Crippen LogP contribution in [0, 0.1) is 5.92 Å². The van der Waals surface area contributed by atoms with Crippen LogP contribution in [0.25, 0.3) is 10.8 Å². The highest BCUT2D eigenvalue weighted by atomic mass is 16.4. The first-order chi connectivity index (χ1) is 26.7. The molecule has 9 N–H and O–H groups in total. The number of benzene rings is 2. The Kier molecular flexibility index (Phi) is 18.3. The van der Waals surface area contributed by atoms with Crippen molar-refractivity contribution in [3.63, 3.8) is 0 Å². The zero-order chi connectivity index (χ0) is 41.4. The van der Waals surface area contributed by atoms with Gasteiger partial charge in [-0.2, -0.15) is 0 Å². The third kappa shape index (κ3) is 13.4. The molecule has 0 aliphatic carbocycles. The maximum atomic E-state index is 13.7. The molecule has 16 nitrogen and oxygen atoms in total. The Hall–Kier alpha value is -4.93. The highest BCUT2D eigenvalue weighted by molar-refractivity contribution is 6.26. The molecule has 2 aromatic rings. The lowest BCUT2D eigenvalue weighted by Gasteiger charge is -2.30. The standard InChI is InChI=1S/C40H59N7O9/c1-4-5-6-7-10-26(41)24-43-20-18-31(42)36(51)45-32(37(52)44-21-17-25(40(55)56)23-27(48)11-8-14-34(49)50)19-22-47-38(53)29-13-9-12-28-33(46(2)3)16-15-30(35(28)29)39(47)54/h9,12-13,15-16,25-26,31-32,43H,4-8,10-11,14,17-24,41-42H2,1-3H3,(H,44,52)(H,45,51)(H,49,50)(H,55,56)/t25-,26-,31-,32+/m0/s1. The lowest BCUT2D eigenvalue weighted by atomic mass is 9.92. The third-order valence-corrected chi connectivity index (χ3v) is 9.99. The van der Waals surface area contributed by atoms with Crippen LogP contribution in [0.3, 0.4) is 0 Å². The maximum Gasteiger partial charge on any atom is 0.307 e. The normalized spacial score (nSPS) is 14.6. The summed E-state index contributed by atoms with van der Waals surface area (Å²) in [6, 6.07) is 6.39. The molecule has 0 unspecified atom stereocenters. The molecule has 0 fully saturated rings. The van der Waals surface area contributed by atoms with E-state index in [0.29, 0.717) is 29.6 Å². The predicted molar refractivity (Wildman–Crippen MR) is 212 cm³/mol. The number of aliphatic carboxylic acids is 2. The average Bonchev–Trinajstić information content (AvgIpc) is 3.15. The summed E-state index contributed by atoms with van der Waals surface area (Å²) >= 11 is 0. The topological polar surface area (TPSA) is 255 Å². The number of ketones is 1. The van der Waals surface area contributed by atoms with Crippen LogP contribution >= 0.6 is 0 Å². The van der Waals surface area contributed by atoms with Gasteiger partial charge < -0.3 is 42.5 Å². The Bertz CT molecular complexity index is 1690. The Labute approximate surface area is 328 Å². The molecule has 0 aromatic heterocycles. The molecule has 0 bridgehead atoms. The molecule has 3 rings (SSSR count). The number of anilines is 1. The predicted octanol–water partition coefficient (Wildman–Crippen LogP) is 2.40. The third-order valence-electron chi connectivity index (χ3n) is 9.99. The highest BCUT2D eigenvalue weighted by Crippen LogP contribution is 2.35. The second-order valence-electron chi connectivity index (χ2n) is 14.7. The lowest BCUT2D eigenvalue weighted by Crippen LogP contribution is -2.54. The van der Waals surface area contributed by atoms with E-state index in [1.54, 1.807) is 24.3 Å². The lowest BCUT2D eigenvalue weighted by molar-refractivity contribution is -0.144. The molecule has 0 saturated carbocycles. The first-order valence-corrected chi connectivity index (χ1v) is 19.5. The molecule has 56 heavy (non-hydrogen) atoms. The van der Waals surface area contributed by atoms with Gasteiger partial charge in [-0.1, -0.05) is 44.7 Å². The van der Waals surface area contributed by atoms with Gasteiger partial charge in [0, 0.05) is 86.6 Å². The van der Waals surface area contributed by atoms with E-state index in [1.807, 2.05) is 25.1 Å². The van der Waals surface area contributed by atoms with Gasteiger partial charge in [-0.25, -0.2) is 0 Å². The Balaban J connectivity index is 1.69. The van der Waals surface area contributed by atoms with Crippen molar-refractivity contribution >= 4 is 57.8 Å². The molecule has 1 aliphatic heterocycles. The van der Waals surface area contributed by atoms with Crippen LogP contribution in [0.4, 0.5) is 5.69 Å². The van der Waals surface area contributed by atoms with Gasteiger partial charge >= 0.3 is 11.9 Å². The van der Waals surface area contributed by atoms with Crippen LogP contribution in [-0.2, 0) is 24.0 Å². The van der Waals surface area contributed by atoms with Crippen LogP contribution < -0.4 is 32.3 Å². The van der Waals surface area contributed by atoms with Crippen LogP contribution in [0.15, 0.2) is 30.3 Å². The van der Waals surface area contributed by atoms with Gasteiger partial charge in [0.1, 0.15) is 11.8 Å². The summed E-state index contributed by atoms with van der Waals surface area (Å²) in [5.41, 5.74) is 13.9. The molecule has 16 heteroatoms. The highest BCUT2D eigenvalue weighted by Gasteiger charge is 2.35. The fourth-order valence-corrected chi connectivity index (χ4v) is 6.76. The van der Waals surface area contributed by atoms with Crippen molar-refractivity contribution in [1.29, 1.82) is 0 Å². The first-order valence-electron chi connectivity index (χ1n) is 19.5. The van der Waals surface area contributed by atoms with Crippen molar-refractivity contribution < 1.29 is 43.8 Å². The minimum absolute atomic E-state index is 0.0324. The molecule has 4 atom stereocenters. The number of carboxylic acid groups (broad SMARTS) is 2. The monoisotopic (exact) mass is 781 g/mol. The van der Waals surface area contributed by atoms with Gasteiger partial charge in [0.2, 0.25) is 11.8 Å². The van der Waals surface area contributed by atoms with Crippen molar-refractivity contribution in [1.82, 2.24) is 20.9 Å². The van der Waals surface area contributed by atoms with Gasteiger partial charge in [-0.05, 0) is 56.8 Å². The number of carboxylic acids is 2. The number of nitrogens with zero attached hydrogens (tertiary/aromatic N) is 2. The van der Waals surface area contributed by atoms with Crippen LogP contribution in [0.5, 0.6) is 0 Å². The number of carbonyl (C=O) groups excluding carboxylic acids is 5. The van der Waals surface area contributed by atoms with Crippen LogP contribution in [0.1, 0.15) is 105 Å². The van der Waals surface area contributed by atoms with E-state index in [1.165, 1.54) is 0 Å². The summed E-state index contributed by atoms with van der Waals surface area (Å²) in [5, 5.41) is 28.3. The molecule has 1 heterocycles. The minimum atomic E-state index is -1.26. The van der Waals surface area contributed by atoms with Gasteiger partial charge in [-0.3, -0.25) is 38.5 Å². The Morgan fingerprint density at radius 3 is 2.20 bits per heavy atom. The average molecular weight is 782 g/mol. The van der Waals surface area contributed by atoms with Crippen molar-refractivity contribution in [3.8, 4) is 0 Å². The number of hydrogen-bond donors (Lipinski definition) is 7. The number of rotatable bonds is 27. The molecule has 308 valence electrons. The van der Waals surface area contributed by atoms with Crippen molar-refractivity contribution in [2.45, 2.75) is 102 Å². The van der Waals surface area contributed by atoms with E-state index in [-0.39, 0.29) is 64.1 Å². The van der Waals surface area contributed by atoms with Crippen molar-refractivity contribution in [2.75, 3.05) is 45.2 Å². The van der Waals surface area contributed by atoms with Crippen LogP contribution in [-0.4, -0.2) is 115 Å². The van der Waals surface area contributed by atoms with E-state index in [9.17, 15) is 38.7 Å². The van der Waals surface area contributed by atoms with E-state index in [4.69, 9.17) is 16.6 Å². The molecule has 1 aliphatic rings. The number of imide groups is 1. The summed E-state index contributed by atoms with van der Waals surface area (Å²) in [6.45, 7) is 2.71. The number of unbranched alkanes of at least 4 members (excludes halogenated alkanes) is 3. The van der Waals surface area contributed by atoms with E-state index >= 15 is 0 Å². The molecule has 0 radical (unpaired) electrons. The zero-order valence-electron chi connectivity index (χ0n) is 32.8. The SMILES string of the molecule is CCCCCC[C@H](N)CNCC[C@H](N)C(=O)N[C@H](CCN1C(=O)c2cccc3c(N(C)C)ccc(c23)C1=O)C(=O)NCC[C@@H](CC(=O)CCCC(=O)O)C(=O)O. The molecule has 2 aromatic carbocycles. The second-order valence-corrected chi connectivity index (χ2v) is 14.7. The zero-order valence-corrected chi connectivity index (χ0v) is 32.8. The Morgan fingerprint density at radius 1 is 0.821 bits per heavy atom. The number of hydrogen-bond acceptors (Lipinski definition) is 11. The maximum absolute atomic E-state index is 13.7. The smallest absolute Gasteiger partial charge is 0.307 e. The summed E-state index contributed by atoms with van der Waals surface area (Å²) in [5.74, 6) is -6.25. The fraction of sp³-hybridized carbons (Fsp3) is 0.575. The minimum Gasteiger partial charge on any atom is -0.481 e. The van der Waals surface area contributed by atoms with Crippen molar-refractivity contribution in [3.05, 3.63) is 41.5 Å². The van der Waals surface area contributed by atoms with Gasteiger partial charge in [0.05, 0.1) is 12.0 Å². The Morgan fingerprint density at radius 2 is 1.54 bits per heavy atom. The van der Waals surface area contributed by atoms with Gasteiger partial charge in [0.15, 0.2) is 0 Å². The van der Waals surface area contributed by atoms with Gasteiger partial charge in [-0.15, -0.1) is 0 Å². The fourth-order valence-electron chi connectivity index (χ4n) is 6.76. The number of Topliss-reactive ketones (excluding diaryl/α,β-unsaturated/α-hetero) is 1. The summed E-state index contributed by atoms with van der Waals surface area (Å²) < 4.78 is 0. The number of amides is 4. The van der Waals surface area contributed by atoms with Crippen molar-refractivity contribution in [2.24, 2.45) is 17.4 Å².